The van der Waals surface area contributed by atoms with Crippen molar-refractivity contribution < 1.29 is 14.3 Å². The molecule has 0 saturated heterocycles. The Morgan fingerprint density at radius 1 is 1.24 bits per heavy atom. The molecular formula is C25H18ClN3O3S2. The molecule has 0 bridgehead atoms. The van der Waals surface area contributed by atoms with Gasteiger partial charge in [0.05, 0.1) is 23.6 Å². The molecular weight excluding hydrogens is 490 g/mol. The summed E-state index contributed by atoms with van der Waals surface area (Å²) in [5.41, 5.74) is 2.37. The number of hydrogen-bond acceptors (Lipinski definition) is 6. The first kappa shape index (κ1) is 22.5. The largest absolute Gasteiger partial charge is 0.495 e. The maximum atomic E-state index is 13.3. The van der Waals surface area contributed by atoms with Gasteiger partial charge in [-0.3, -0.25) is 14.5 Å². The Kier molecular flexibility index (Phi) is 6.28. The molecule has 0 saturated carbocycles. The fourth-order valence-corrected chi connectivity index (χ4v) is 5.43. The second-order valence-electron chi connectivity index (χ2n) is 7.36. The van der Waals surface area contributed by atoms with Gasteiger partial charge in [-0.25, -0.2) is 4.99 Å². The number of carbonyl (C=O) groups is 2. The Morgan fingerprint density at radius 2 is 2.09 bits per heavy atom. The van der Waals surface area contributed by atoms with Gasteiger partial charge >= 0.3 is 0 Å². The van der Waals surface area contributed by atoms with Crippen molar-refractivity contribution >= 4 is 74.2 Å². The molecule has 2 aromatic heterocycles. The average Bonchev–Trinajstić information content (AvgIpc) is 3.57. The molecule has 1 N–H and O–H groups in total. The van der Waals surface area contributed by atoms with Gasteiger partial charge in [0.2, 0.25) is 0 Å². The molecule has 3 heterocycles. The number of nitrogens with zero attached hydrogens (tertiary/aromatic N) is 2. The van der Waals surface area contributed by atoms with Crippen LogP contribution in [-0.4, -0.2) is 34.7 Å². The summed E-state index contributed by atoms with van der Waals surface area (Å²) >= 11 is 9.06. The van der Waals surface area contributed by atoms with E-state index >= 15 is 0 Å². The number of Topliss-reactive ketones (excluding diaryl/α,β-unsaturated/α-hetero) is 1. The number of amidine groups is 1. The first-order valence-electron chi connectivity index (χ1n) is 10.3. The van der Waals surface area contributed by atoms with E-state index in [0.717, 1.165) is 15.8 Å². The quantitative estimate of drug-likeness (QED) is 0.247. The summed E-state index contributed by atoms with van der Waals surface area (Å²) in [5, 5.41) is 3.60. The van der Waals surface area contributed by atoms with Gasteiger partial charge in [-0.05, 0) is 41.8 Å². The standard InChI is InChI=1S/C25H18ClN3O3S2/c1-32-23-9-8-15(11-19(23)26)29-24(31)21(12-16-5-4-10-33-16)28-25(29)34-14-22(30)18-13-27-20-7-3-2-6-17(18)20/h2-13,27H,14H2,1H3. The van der Waals surface area contributed by atoms with Crippen LogP contribution in [-0.2, 0) is 4.79 Å². The minimum atomic E-state index is -0.281. The van der Waals surface area contributed by atoms with E-state index < -0.39 is 0 Å². The lowest BCUT2D eigenvalue weighted by Gasteiger charge is -2.18. The van der Waals surface area contributed by atoms with Crippen molar-refractivity contribution in [3.8, 4) is 5.75 Å². The summed E-state index contributed by atoms with van der Waals surface area (Å²) in [6, 6.07) is 16.6. The summed E-state index contributed by atoms with van der Waals surface area (Å²) in [7, 11) is 1.53. The van der Waals surface area contributed by atoms with E-state index in [1.165, 1.54) is 35.1 Å². The molecule has 1 amide bonds. The van der Waals surface area contributed by atoms with Crippen LogP contribution in [0.15, 0.2) is 76.9 Å². The number of aromatic nitrogens is 1. The maximum Gasteiger partial charge on any atom is 0.283 e. The number of halogens is 1. The number of hydrogen-bond donors (Lipinski definition) is 1. The van der Waals surface area contributed by atoms with Gasteiger partial charge in [0, 0.05) is 27.5 Å². The fraction of sp³-hybridized carbons (Fsp3) is 0.0800. The van der Waals surface area contributed by atoms with E-state index in [9.17, 15) is 9.59 Å². The molecule has 34 heavy (non-hydrogen) atoms. The van der Waals surface area contributed by atoms with Crippen molar-refractivity contribution in [3.05, 3.63) is 87.3 Å². The van der Waals surface area contributed by atoms with Gasteiger partial charge in [0.15, 0.2) is 11.0 Å². The zero-order chi connectivity index (χ0) is 23.7. The minimum absolute atomic E-state index is 0.0546. The first-order valence-corrected chi connectivity index (χ1v) is 12.5. The number of aliphatic imine (C=N–C) groups is 1. The highest BCUT2D eigenvalue weighted by molar-refractivity contribution is 8.14. The van der Waals surface area contributed by atoms with Crippen molar-refractivity contribution in [3.63, 3.8) is 0 Å². The molecule has 0 spiro atoms. The number of aromatic amines is 1. The summed E-state index contributed by atoms with van der Waals surface area (Å²) in [5.74, 6) is 0.297. The Bertz CT molecular complexity index is 1460. The van der Waals surface area contributed by atoms with Crippen LogP contribution in [0.5, 0.6) is 5.75 Å². The van der Waals surface area contributed by atoms with Crippen molar-refractivity contribution in [1.82, 2.24) is 4.98 Å². The third-order valence-electron chi connectivity index (χ3n) is 5.27. The molecule has 6 nitrogen and oxygen atoms in total. The molecule has 0 unspecified atom stereocenters. The number of thiophene rings is 1. The van der Waals surface area contributed by atoms with Crippen LogP contribution in [0.25, 0.3) is 17.0 Å². The molecule has 1 aliphatic rings. The number of methoxy groups -OCH3 is 1. The van der Waals surface area contributed by atoms with Crippen LogP contribution < -0.4 is 9.64 Å². The summed E-state index contributed by atoms with van der Waals surface area (Å²) in [6.45, 7) is 0. The molecule has 0 radical (unpaired) electrons. The summed E-state index contributed by atoms with van der Waals surface area (Å²) in [6.07, 6.45) is 3.47. The summed E-state index contributed by atoms with van der Waals surface area (Å²) in [4.78, 5) is 36.5. The van der Waals surface area contributed by atoms with Gasteiger partial charge in [0.25, 0.3) is 5.91 Å². The fourth-order valence-electron chi connectivity index (χ4n) is 3.63. The Balaban J connectivity index is 1.45. The number of carbonyl (C=O) groups excluding carboxylic acids is 2. The SMILES string of the molecule is COc1ccc(N2C(=O)C(=Cc3cccs3)N=C2SCC(=O)c2c[nH]c3ccccc23)cc1Cl. The minimum Gasteiger partial charge on any atom is -0.495 e. The molecule has 0 fully saturated rings. The monoisotopic (exact) mass is 507 g/mol. The van der Waals surface area contributed by atoms with Crippen LogP contribution in [0.3, 0.4) is 0 Å². The smallest absolute Gasteiger partial charge is 0.283 e. The third-order valence-corrected chi connectivity index (χ3v) is 7.32. The lowest BCUT2D eigenvalue weighted by molar-refractivity contribution is -0.113. The van der Waals surface area contributed by atoms with E-state index in [4.69, 9.17) is 16.3 Å². The number of H-pyrrole nitrogens is 1. The van der Waals surface area contributed by atoms with E-state index in [-0.39, 0.29) is 17.4 Å². The Labute approximate surface area is 208 Å². The zero-order valence-corrected chi connectivity index (χ0v) is 20.3. The van der Waals surface area contributed by atoms with Gasteiger partial charge < -0.3 is 9.72 Å². The number of anilines is 1. The predicted molar refractivity (Wildman–Crippen MR) is 140 cm³/mol. The second-order valence-corrected chi connectivity index (χ2v) is 9.69. The van der Waals surface area contributed by atoms with Crippen LogP contribution in [0.4, 0.5) is 5.69 Å². The topological polar surface area (TPSA) is 74.8 Å². The maximum absolute atomic E-state index is 13.3. The lowest BCUT2D eigenvalue weighted by Crippen LogP contribution is -2.30. The Morgan fingerprint density at radius 3 is 2.85 bits per heavy atom. The zero-order valence-electron chi connectivity index (χ0n) is 17.9. The van der Waals surface area contributed by atoms with Gasteiger partial charge in [-0.15, -0.1) is 11.3 Å². The van der Waals surface area contributed by atoms with Crippen LogP contribution in [0.1, 0.15) is 15.2 Å². The highest BCUT2D eigenvalue weighted by atomic mass is 35.5. The second kappa shape index (κ2) is 9.50. The normalized spacial score (nSPS) is 14.8. The average molecular weight is 508 g/mol. The number of nitrogens with one attached hydrogen (secondary N) is 1. The lowest BCUT2D eigenvalue weighted by atomic mass is 10.1. The Hall–Kier alpha value is -3.33. The number of amides is 1. The van der Waals surface area contributed by atoms with Crippen LogP contribution in [0, 0.1) is 0 Å². The number of para-hydroxylation sites is 1. The number of ketones is 1. The van der Waals surface area contributed by atoms with E-state index in [1.807, 2.05) is 41.8 Å². The molecule has 1 aliphatic heterocycles. The summed E-state index contributed by atoms with van der Waals surface area (Å²) < 4.78 is 5.23. The number of thioether (sulfide) groups is 1. The number of ether oxygens (including phenoxy) is 1. The number of rotatable bonds is 6. The number of fused-ring (bicyclic) bond motifs is 1. The molecule has 2 aromatic carbocycles. The van der Waals surface area contributed by atoms with Crippen molar-refractivity contribution in [1.29, 1.82) is 0 Å². The molecule has 9 heteroatoms. The van der Waals surface area contributed by atoms with Gasteiger partial charge in [0.1, 0.15) is 11.4 Å². The molecule has 0 atom stereocenters. The van der Waals surface area contributed by atoms with E-state index in [1.54, 1.807) is 30.5 Å². The number of benzene rings is 2. The molecule has 170 valence electrons. The molecule has 0 aliphatic carbocycles. The van der Waals surface area contributed by atoms with Crippen molar-refractivity contribution in [2.24, 2.45) is 4.99 Å². The van der Waals surface area contributed by atoms with Crippen molar-refractivity contribution in [2.45, 2.75) is 0 Å². The van der Waals surface area contributed by atoms with Crippen molar-refractivity contribution in [2.75, 3.05) is 17.8 Å². The van der Waals surface area contributed by atoms with Gasteiger partial charge in [-0.2, -0.15) is 0 Å². The predicted octanol–water partition coefficient (Wildman–Crippen LogP) is 6.25. The highest BCUT2D eigenvalue weighted by Crippen LogP contribution is 2.35. The third kappa shape index (κ3) is 4.27. The van der Waals surface area contributed by atoms with Crippen LogP contribution >= 0.6 is 34.7 Å². The molecule has 4 aromatic rings. The molecule has 5 rings (SSSR count). The van der Waals surface area contributed by atoms with Gasteiger partial charge in [-0.1, -0.05) is 47.6 Å². The first-order chi connectivity index (χ1) is 16.5. The van der Waals surface area contributed by atoms with E-state index in [2.05, 4.69) is 9.98 Å². The highest BCUT2D eigenvalue weighted by Gasteiger charge is 2.33. The van der Waals surface area contributed by atoms with E-state index in [0.29, 0.717) is 32.9 Å². The van der Waals surface area contributed by atoms with Crippen LogP contribution in [0.2, 0.25) is 5.02 Å².